The number of esters is 2. The van der Waals surface area contributed by atoms with Crippen LogP contribution < -0.4 is 15.8 Å². The fourth-order valence-corrected chi connectivity index (χ4v) is 3.25. The summed E-state index contributed by atoms with van der Waals surface area (Å²) in [5.41, 5.74) is 6.60. The summed E-state index contributed by atoms with van der Waals surface area (Å²) < 4.78 is 15.8. The quantitative estimate of drug-likeness (QED) is 0.333. The number of benzene rings is 2. The van der Waals surface area contributed by atoms with Gasteiger partial charge in [-0.3, -0.25) is 9.59 Å². The summed E-state index contributed by atoms with van der Waals surface area (Å²) in [6, 6.07) is 12.3. The maximum absolute atomic E-state index is 12.4. The van der Waals surface area contributed by atoms with Crippen LogP contribution >= 0.6 is 11.6 Å². The van der Waals surface area contributed by atoms with Gasteiger partial charge in [0.1, 0.15) is 5.75 Å². The molecule has 1 amide bonds. The molecule has 0 saturated heterocycles. The smallest absolute Gasteiger partial charge is 0.352 e. The van der Waals surface area contributed by atoms with Gasteiger partial charge in [0, 0.05) is 23.7 Å². The highest BCUT2D eigenvalue weighted by molar-refractivity contribution is 6.31. The zero-order valence-electron chi connectivity index (χ0n) is 20.6. The van der Waals surface area contributed by atoms with Crippen LogP contribution in [-0.2, 0) is 25.5 Å². The van der Waals surface area contributed by atoms with Crippen molar-refractivity contribution in [1.82, 2.24) is 5.32 Å². The number of aryl methyl sites for hydroxylation is 1. The van der Waals surface area contributed by atoms with Gasteiger partial charge < -0.3 is 25.3 Å². The molecule has 0 aromatic heterocycles. The van der Waals surface area contributed by atoms with E-state index >= 15 is 0 Å². The topological polar surface area (TPSA) is 117 Å². The molecule has 2 aromatic carbocycles. The molecule has 0 radical (unpaired) electrons. The Morgan fingerprint density at radius 2 is 1.77 bits per heavy atom. The molecule has 0 fully saturated rings. The molecule has 1 atom stereocenters. The van der Waals surface area contributed by atoms with Crippen molar-refractivity contribution in [3.63, 3.8) is 0 Å². The highest BCUT2D eigenvalue weighted by Crippen LogP contribution is 2.21. The summed E-state index contributed by atoms with van der Waals surface area (Å²) >= 11 is 6.00. The van der Waals surface area contributed by atoms with Crippen LogP contribution in [0.15, 0.2) is 42.5 Å². The highest BCUT2D eigenvalue weighted by Gasteiger charge is 2.32. The molecule has 0 aliphatic heterocycles. The Morgan fingerprint density at radius 1 is 1.09 bits per heavy atom. The first-order valence-electron chi connectivity index (χ1n) is 11.4. The number of nitrogens with two attached hydrogens (primary N) is 1. The van der Waals surface area contributed by atoms with E-state index in [1.165, 1.54) is 0 Å². The minimum atomic E-state index is -1.30. The van der Waals surface area contributed by atoms with Gasteiger partial charge in [0.15, 0.2) is 5.60 Å². The van der Waals surface area contributed by atoms with E-state index < -0.39 is 30.3 Å². The zero-order valence-corrected chi connectivity index (χ0v) is 21.3. The number of hydrogen-bond donors (Lipinski definition) is 2. The Hall–Kier alpha value is -3.10. The van der Waals surface area contributed by atoms with E-state index in [1.54, 1.807) is 44.2 Å². The average molecular weight is 505 g/mol. The molecule has 8 nitrogen and oxygen atoms in total. The number of carbonyl (C=O) groups excluding carboxylic acids is 3. The third kappa shape index (κ3) is 8.56. The summed E-state index contributed by atoms with van der Waals surface area (Å²) in [6.07, 6.45) is 1.17. The number of ether oxygens (including phenoxy) is 3. The van der Waals surface area contributed by atoms with Crippen molar-refractivity contribution in [2.24, 2.45) is 11.7 Å². The van der Waals surface area contributed by atoms with Gasteiger partial charge in [0.2, 0.25) is 6.79 Å². The molecule has 0 aliphatic rings. The number of carbonyl (C=O) groups is 3. The van der Waals surface area contributed by atoms with Gasteiger partial charge >= 0.3 is 11.9 Å². The molecule has 0 heterocycles. The second kappa shape index (κ2) is 13.1. The summed E-state index contributed by atoms with van der Waals surface area (Å²) in [5.74, 6) is -1.29. The maximum atomic E-state index is 12.4. The Morgan fingerprint density at radius 3 is 2.37 bits per heavy atom. The number of nitrogens with one attached hydrogen (secondary N) is 1. The Balaban J connectivity index is 1.80. The molecular formula is C26H33ClN2O6. The van der Waals surface area contributed by atoms with Gasteiger partial charge in [-0.15, -0.1) is 0 Å². The second-order valence-corrected chi connectivity index (χ2v) is 8.99. The van der Waals surface area contributed by atoms with Gasteiger partial charge in [-0.25, -0.2) is 4.79 Å². The first-order chi connectivity index (χ1) is 16.6. The molecular weight excluding hydrogens is 472 g/mol. The normalized spacial score (nSPS) is 11.9. The molecule has 0 aliphatic carbocycles. The lowest BCUT2D eigenvalue weighted by atomic mass is 10.1. The van der Waals surface area contributed by atoms with Crippen molar-refractivity contribution in [2.45, 2.75) is 46.1 Å². The molecule has 0 bridgehead atoms. The minimum Gasteiger partial charge on any atom is -0.476 e. The minimum absolute atomic E-state index is 0.163. The monoisotopic (exact) mass is 504 g/mol. The largest absolute Gasteiger partial charge is 0.476 e. The van der Waals surface area contributed by atoms with E-state index in [2.05, 4.69) is 5.32 Å². The van der Waals surface area contributed by atoms with Crippen LogP contribution in [0.2, 0.25) is 5.02 Å². The lowest BCUT2D eigenvalue weighted by Gasteiger charge is -2.24. The molecule has 2 aromatic rings. The third-order valence-electron chi connectivity index (χ3n) is 5.41. The summed E-state index contributed by atoms with van der Waals surface area (Å²) in [6.45, 7) is 6.93. The van der Waals surface area contributed by atoms with Crippen LogP contribution in [0.5, 0.6) is 5.75 Å². The van der Waals surface area contributed by atoms with Crippen molar-refractivity contribution in [3.05, 3.63) is 64.2 Å². The lowest BCUT2D eigenvalue weighted by Crippen LogP contribution is -2.40. The number of rotatable bonds is 12. The Bertz CT molecular complexity index is 1020. The standard InChI is InChI=1S/C26H33ClN2O6/c1-5-19(15-28)24(31)33-16-34-25(32)26(3,4)35-21-9-6-18(7-10-21)12-13-29-23(30)20-8-11-22(27)17(2)14-20/h6-11,14,19H,5,12-13,15-16,28H2,1-4H3,(H,29,30). The van der Waals surface area contributed by atoms with Crippen molar-refractivity contribution in [3.8, 4) is 5.75 Å². The highest BCUT2D eigenvalue weighted by atomic mass is 35.5. The summed E-state index contributed by atoms with van der Waals surface area (Å²) in [5, 5.41) is 3.51. The first-order valence-corrected chi connectivity index (χ1v) is 11.8. The average Bonchev–Trinajstić information content (AvgIpc) is 2.82. The van der Waals surface area contributed by atoms with Crippen LogP contribution in [-0.4, -0.2) is 43.3 Å². The lowest BCUT2D eigenvalue weighted by molar-refractivity contribution is -0.179. The molecule has 35 heavy (non-hydrogen) atoms. The number of hydrogen-bond acceptors (Lipinski definition) is 7. The second-order valence-electron chi connectivity index (χ2n) is 8.58. The molecule has 1 unspecified atom stereocenters. The van der Waals surface area contributed by atoms with Crippen LogP contribution in [0.25, 0.3) is 0 Å². The van der Waals surface area contributed by atoms with Crippen molar-refractivity contribution in [1.29, 1.82) is 0 Å². The van der Waals surface area contributed by atoms with Crippen LogP contribution in [0.4, 0.5) is 0 Å². The van der Waals surface area contributed by atoms with E-state index in [4.69, 9.17) is 31.5 Å². The maximum Gasteiger partial charge on any atom is 0.352 e. The van der Waals surface area contributed by atoms with E-state index in [0.717, 1.165) is 11.1 Å². The molecule has 3 N–H and O–H groups in total. The van der Waals surface area contributed by atoms with E-state index in [-0.39, 0.29) is 12.5 Å². The van der Waals surface area contributed by atoms with Crippen LogP contribution in [0.1, 0.15) is 48.7 Å². The molecule has 9 heteroatoms. The molecule has 2 rings (SSSR count). The van der Waals surface area contributed by atoms with Crippen LogP contribution in [0, 0.1) is 12.8 Å². The van der Waals surface area contributed by atoms with Gasteiger partial charge in [-0.05, 0) is 75.1 Å². The van der Waals surface area contributed by atoms with Crippen molar-refractivity contribution >= 4 is 29.4 Å². The van der Waals surface area contributed by atoms with Gasteiger partial charge in [-0.2, -0.15) is 0 Å². The van der Waals surface area contributed by atoms with E-state index in [0.29, 0.717) is 35.7 Å². The predicted octanol–water partition coefficient (Wildman–Crippen LogP) is 3.81. The van der Waals surface area contributed by atoms with Crippen molar-refractivity contribution < 1.29 is 28.6 Å². The zero-order chi connectivity index (χ0) is 26.0. The van der Waals surface area contributed by atoms with Gasteiger partial charge in [-0.1, -0.05) is 30.7 Å². The fraction of sp³-hybridized carbons (Fsp3) is 0.423. The SMILES string of the molecule is CCC(CN)C(=O)OCOC(=O)C(C)(C)Oc1ccc(CCNC(=O)c2ccc(Cl)c(C)c2)cc1. The van der Waals surface area contributed by atoms with E-state index in [1.807, 2.05) is 26.0 Å². The molecule has 0 saturated carbocycles. The predicted molar refractivity (Wildman–Crippen MR) is 133 cm³/mol. The first kappa shape index (κ1) is 28.1. The van der Waals surface area contributed by atoms with E-state index in [9.17, 15) is 14.4 Å². The van der Waals surface area contributed by atoms with Gasteiger partial charge in [0.25, 0.3) is 5.91 Å². The Kier molecular flexibility index (Phi) is 10.5. The third-order valence-corrected chi connectivity index (χ3v) is 5.83. The van der Waals surface area contributed by atoms with Crippen LogP contribution in [0.3, 0.4) is 0 Å². The van der Waals surface area contributed by atoms with Gasteiger partial charge in [0.05, 0.1) is 5.92 Å². The summed E-state index contributed by atoms with van der Waals surface area (Å²) in [7, 11) is 0. The number of halogens is 1. The molecule has 0 spiro atoms. The fourth-order valence-electron chi connectivity index (χ4n) is 3.13. The summed E-state index contributed by atoms with van der Waals surface area (Å²) in [4.78, 5) is 36.5. The number of amides is 1. The van der Waals surface area contributed by atoms with Crippen molar-refractivity contribution in [2.75, 3.05) is 19.9 Å². The Labute approximate surface area is 211 Å². The molecule has 190 valence electrons.